The summed E-state index contributed by atoms with van der Waals surface area (Å²) >= 11 is 4.47. The van der Waals surface area contributed by atoms with Crippen LogP contribution in [0.4, 0.5) is 10.7 Å². The number of nitro benzene ring substituents is 1. The van der Waals surface area contributed by atoms with Crippen molar-refractivity contribution in [3.63, 3.8) is 0 Å². The number of hydrogen-bond acceptors (Lipinski definition) is 6. The number of amides is 1. The van der Waals surface area contributed by atoms with Crippen LogP contribution in [0, 0.1) is 10.1 Å². The van der Waals surface area contributed by atoms with E-state index in [0.29, 0.717) is 21.7 Å². The Morgan fingerprint density at radius 1 is 1.21 bits per heavy atom. The number of nitrogens with zero attached hydrogens (tertiary/aromatic N) is 1. The second kappa shape index (κ2) is 8.97. The maximum Gasteiger partial charge on any atom is 0.341 e. The third kappa shape index (κ3) is 4.69. The molecule has 0 aliphatic rings. The standard InChI is InChI=1S/C20H15BrN2O5S/c1-2-28-20(25)17-16(13-4-3-5-15(10-13)23(26)27)11-29-19(17)22-18(24)12-6-8-14(21)9-7-12/h3-11H,2H2,1H3,(H,22,24). The first-order valence-corrected chi connectivity index (χ1v) is 10.2. The van der Waals surface area contributed by atoms with Crippen molar-refractivity contribution in [2.75, 3.05) is 11.9 Å². The average molecular weight is 475 g/mol. The average Bonchev–Trinajstić information content (AvgIpc) is 3.12. The Labute approximate surface area is 178 Å². The van der Waals surface area contributed by atoms with Crippen molar-refractivity contribution < 1.29 is 19.2 Å². The number of carbonyl (C=O) groups excluding carboxylic acids is 2. The quantitative estimate of drug-likeness (QED) is 0.288. The van der Waals surface area contributed by atoms with E-state index in [1.807, 2.05) is 0 Å². The van der Waals surface area contributed by atoms with Gasteiger partial charge in [-0.1, -0.05) is 28.1 Å². The number of benzene rings is 2. The third-order valence-electron chi connectivity index (χ3n) is 3.97. The largest absolute Gasteiger partial charge is 0.462 e. The Bertz CT molecular complexity index is 1080. The molecule has 3 rings (SSSR count). The highest BCUT2D eigenvalue weighted by Gasteiger charge is 2.24. The second-order valence-electron chi connectivity index (χ2n) is 5.84. The van der Waals surface area contributed by atoms with E-state index < -0.39 is 10.9 Å². The maximum atomic E-state index is 12.6. The van der Waals surface area contributed by atoms with E-state index in [-0.39, 0.29) is 23.8 Å². The molecule has 0 atom stereocenters. The van der Waals surface area contributed by atoms with Gasteiger partial charge in [0.15, 0.2) is 0 Å². The summed E-state index contributed by atoms with van der Waals surface area (Å²) in [6.07, 6.45) is 0. The molecule has 0 radical (unpaired) electrons. The molecule has 0 aliphatic carbocycles. The minimum atomic E-state index is -0.610. The lowest BCUT2D eigenvalue weighted by Gasteiger charge is -2.09. The molecule has 1 N–H and O–H groups in total. The molecule has 0 bridgehead atoms. The number of nitrogens with one attached hydrogen (secondary N) is 1. The highest BCUT2D eigenvalue weighted by Crippen LogP contribution is 2.37. The van der Waals surface area contributed by atoms with Gasteiger partial charge >= 0.3 is 5.97 Å². The second-order valence-corrected chi connectivity index (χ2v) is 7.64. The van der Waals surface area contributed by atoms with Crippen LogP contribution in [0.15, 0.2) is 58.4 Å². The van der Waals surface area contributed by atoms with Crippen molar-refractivity contribution in [2.24, 2.45) is 0 Å². The fraction of sp³-hybridized carbons (Fsp3) is 0.100. The highest BCUT2D eigenvalue weighted by atomic mass is 79.9. The van der Waals surface area contributed by atoms with Crippen LogP contribution in [0.1, 0.15) is 27.6 Å². The predicted molar refractivity (Wildman–Crippen MR) is 114 cm³/mol. The normalized spacial score (nSPS) is 10.4. The molecule has 0 aliphatic heterocycles. The van der Waals surface area contributed by atoms with Gasteiger partial charge in [0.25, 0.3) is 11.6 Å². The number of halogens is 1. The molecule has 0 saturated heterocycles. The Hall–Kier alpha value is -3.04. The lowest BCUT2D eigenvalue weighted by Crippen LogP contribution is -2.14. The number of thiophene rings is 1. The number of anilines is 1. The molecule has 0 unspecified atom stereocenters. The highest BCUT2D eigenvalue weighted by molar-refractivity contribution is 9.10. The van der Waals surface area contributed by atoms with Gasteiger partial charge in [0.2, 0.25) is 0 Å². The van der Waals surface area contributed by atoms with E-state index in [4.69, 9.17) is 4.74 Å². The van der Waals surface area contributed by atoms with Crippen molar-refractivity contribution in [2.45, 2.75) is 6.92 Å². The fourth-order valence-corrected chi connectivity index (χ4v) is 3.85. The van der Waals surface area contributed by atoms with E-state index in [9.17, 15) is 19.7 Å². The van der Waals surface area contributed by atoms with Gasteiger partial charge in [0.1, 0.15) is 10.6 Å². The Morgan fingerprint density at radius 2 is 1.93 bits per heavy atom. The maximum absolute atomic E-state index is 12.6. The molecule has 0 spiro atoms. The number of carbonyl (C=O) groups is 2. The fourth-order valence-electron chi connectivity index (χ4n) is 2.63. The van der Waals surface area contributed by atoms with Crippen molar-refractivity contribution in [1.29, 1.82) is 0 Å². The SMILES string of the molecule is CCOC(=O)c1c(-c2cccc([N+](=O)[O-])c2)csc1NC(=O)c1ccc(Br)cc1. The first-order valence-electron chi connectivity index (χ1n) is 8.51. The molecule has 1 aromatic heterocycles. The van der Waals surface area contributed by atoms with E-state index in [1.54, 1.807) is 48.7 Å². The summed E-state index contributed by atoms with van der Waals surface area (Å²) in [6.45, 7) is 1.83. The molecule has 29 heavy (non-hydrogen) atoms. The lowest BCUT2D eigenvalue weighted by molar-refractivity contribution is -0.384. The van der Waals surface area contributed by atoms with Crippen molar-refractivity contribution in [3.05, 3.63) is 79.6 Å². The summed E-state index contributed by atoms with van der Waals surface area (Å²) in [5, 5.41) is 15.8. The summed E-state index contributed by atoms with van der Waals surface area (Å²) in [7, 11) is 0. The lowest BCUT2D eigenvalue weighted by atomic mass is 10.0. The Kier molecular flexibility index (Phi) is 6.40. The minimum absolute atomic E-state index is 0.0936. The van der Waals surface area contributed by atoms with Gasteiger partial charge in [-0.3, -0.25) is 14.9 Å². The van der Waals surface area contributed by atoms with Gasteiger partial charge < -0.3 is 10.1 Å². The molecule has 3 aromatic rings. The zero-order chi connectivity index (χ0) is 21.0. The van der Waals surface area contributed by atoms with Crippen molar-refractivity contribution >= 4 is 49.8 Å². The molecular formula is C20H15BrN2O5S. The van der Waals surface area contributed by atoms with Gasteiger partial charge in [-0.25, -0.2) is 4.79 Å². The van der Waals surface area contributed by atoms with Crippen LogP contribution in [0.5, 0.6) is 0 Å². The van der Waals surface area contributed by atoms with Gasteiger partial charge in [0, 0.05) is 33.1 Å². The van der Waals surface area contributed by atoms with Crippen LogP contribution in [0.25, 0.3) is 11.1 Å². The Morgan fingerprint density at radius 3 is 2.59 bits per heavy atom. The first-order chi connectivity index (χ1) is 13.9. The van der Waals surface area contributed by atoms with Crippen molar-refractivity contribution in [3.8, 4) is 11.1 Å². The van der Waals surface area contributed by atoms with E-state index in [1.165, 1.54) is 12.1 Å². The van der Waals surface area contributed by atoms with Gasteiger partial charge in [-0.05, 0) is 36.8 Å². The molecule has 7 nitrogen and oxygen atoms in total. The summed E-state index contributed by atoms with van der Waals surface area (Å²) in [5.74, 6) is -0.989. The number of ether oxygens (including phenoxy) is 1. The van der Waals surface area contributed by atoms with Crippen LogP contribution in [0.3, 0.4) is 0 Å². The van der Waals surface area contributed by atoms with Crippen LogP contribution >= 0.6 is 27.3 Å². The molecular weight excluding hydrogens is 460 g/mol. The zero-order valence-electron chi connectivity index (χ0n) is 15.2. The topological polar surface area (TPSA) is 98.5 Å². The Balaban J connectivity index is 2.01. The number of non-ortho nitro benzene ring substituents is 1. The van der Waals surface area contributed by atoms with Crippen LogP contribution < -0.4 is 5.32 Å². The molecule has 1 heterocycles. The summed E-state index contributed by atoms with van der Waals surface area (Å²) in [4.78, 5) is 35.8. The zero-order valence-corrected chi connectivity index (χ0v) is 17.6. The van der Waals surface area contributed by atoms with E-state index in [2.05, 4.69) is 21.2 Å². The van der Waals surface area contributed by atoms with E-state index >= 15 is 0 Å². The van der Waals surface area contributed by atoms with Gasteiger partial charge in [-0.15, -0.1) is 11.3 Å². The van der Waals surface area contributed by atoms with Gasteiger partial charge in [-0.2, -0.15) is 0 Å². The summed E-state index contributed by atoms with van der Waals surface area (Å²) in [5.41, 5.74) is 1.45. The van der Waals surface area contributed by atoms with E-state index in [0.717, 1.165) is 15.8 Å². The monoisotopic (exact) mass is 474 g/mol. The van der Waals surface area contributed by atoms with Crippen molar-refractivity contribution in [1.82, 2.24) is 0 Å². The number of rotatable bonds is 6. The summed E-state index contributed by atoms with van der Waals surface area (Å²) < 4.78 is 5.98. The van der Waals surface area contributed by atoms with Gasteiger partial charge in [0.05, 0.1) is 11.5 Å². The smallest absolute Gasteiger partial charge is 0.341 e. The number of nitro groups is 1. The van der Waals surface area contributed by atoms with Crippen LogP contribution in [-0.4, -0.2) is 23.4 Å². The molecule has 2 aromatic carbocycles. The molecule has 1 amide bonds. The predicted octanol–water partition coefficient (Wildman–Crippen LogP) is 5.51. The molecule has 0 saturated carbocycles. The minimum Gasteiger partial charge on any atom is -0.462 e. The first kappa shape index (κ1) is 20.7. The van der Waals surface area contributed by atoms with Crippen LogP contribution in [-0.2, 0) is 4.74 Å². The summed E-state index contributed by atoms with van der Waals surface area (Å²) in [6, 6.07) is 12.7. The molecule has 148 valence electrons. The third-order valence-corrected chi connectivity index (χ3v) is 5.40. The molecule has 0 fully saturated rings. The van der Waals surface area contributed by atoms with Crippen LogP contribution in [0.2, 0.25) is 0 Å². The number of esters is 1. The number of hydrogen-bond donors (Lipinski definition) is 1. The molecule has 9 heteroatoms.